The number of rotatable bonds is 6. The molecular formula is C20H27FN4. The molecule has 0 unspecified atom stereocenters. The number of nitrogens with zero attached hydrogens (tertiary/aromatic N) is 2. The van der Waals surface area contributed by atoms with E-state index in [9.17, 15) is 4.39 Å². The average Bonchev–Trinajstić information content (AvgIpc) is 2.63. The first-order valence-corrected chi connectivity index (χ1v) is 8.59. The van der Waals surface area contributed by atoms with Gasteiger partial charge in [-0.2, -0.15) is 0 Å². The van der Waals surface area contributed by atoms with Gasteiger partial charge in [-0.3, -0.25) is 9.98 Å². The molecule has 2 rings (SSSR count). The standard InChI is InChI=1S/C20H27FN4/c1-5-15-8-10-16(11-9-15)20(2,3)14-25-19(22-4)24-13-18-17(21)7-6-12-23-18/h6-12H,5,13-14H2,1-4H3,(H2,22,24,25). The molecule has 25 heavy (non-hydrogen) atoms. The van der Waals surface area contributed by atoms with E-state index in [0.717, 1.165) is 6.42 Å². The fourth-order valence-electron chi connectivity index (χ4n) is 2.53. The molecule has 2 aromatic rings. The molecule has 1 heterocycles. The number of aryl methyl sites for hydroxylation is 1. The van der Waals surface area contributed by atoms with E-state index >= 15 is 0 Å². The highest BCUT2D eigenvalue weighted by atomic mass is 19.1. The lowest BCUT2D eigenvalue weighted by molar-refractivity contribution is 0.507. The summed E-state index contributed by atoms with van der Waals surface area (Å²) in [6.07, 6.45) is 2.62. The van der Waals surface area contributed by atoms with Crippen LogP contribution < -0.4 is 10.6 Å². The first-order valence-electron chi connectivity index (χ1n) is 8.59. The number of pyridine rings is 1. The second kappa shape index (κ2) is 8.60. The van der Waals surface area contributed by atoms with Gasteiger partial charge in [-0.25, -0.2) is 4.39 Å². The van der Waals surface area contributed by atoms with E-state index in [-0.39, 0.29) is 17.8 Å². The zero-order valence-corrected chi connectivity index (χ0v) is 15.4. The second-order valence-corrected chi connectivity index (χ2v) is 6.65. The Balaban J connectivity index is 1.93. The molecule has 0 saturated carbocycles. The number of aliphatic imine (C=N–C) groups is 1. The van der Waals surface area contributed by atoms with E-state index in [0.29, 0.717) is 18.2 Å². The summed E-state index contributed by atoms with van der Waals surface area (Å²) < 4.78 is 13.6. The molecule has 0 aliphatic heterocycles. The lowest BCUT2D eigenvalue weighted by atomic mass is 9.84. The Labute approximate surface area is 149 Å². The third-order valence-corrected chi connectivity index (χ3v) is 4.32. The first-order chi connectivity index (χ1) is 12.0. The fourth-order valence-corrected chi connectivity index (χ4v) is 2.53. The third-order valence-electron chi connectivity index (χ3n) is 4.32. The summed E-state index contributed by atoms with van der Waals surface area (Å²) in [5.41, 5.74) is 2.92. The number of hydrogen-bond acceptors (Lipinski definition) is 2. The lowest BCUT2D eigenvalue weighted by Gasteiger charge is -2.27. The van der Waals surface area contributed by atoms with Gasteiger partial charge in [0.1, 0.15) is 5.82 Å². The molecule has 0 amide bonds. The van der Waals surface area contributed by atoms with E-state index in [1.54, 1.807) is 19.3 Å². The number of guanidine groups is 1. The van der Waals surface area contributed by atoms with E-state index in [1.165, 1.54) is 17.2 Å². The van der Waals surface area contributed by atoms with Crippen molar-refractivity contribution < 1.29 is 4.39 Å². The maximum absolute atomic E-state index is 13.6. The highest BCUT2D eigenvalue weighted by molar-refractivity contribution is 5.79. The second-order valence-electron chi connectivity index (χ2n) is 6.65. The predicted molar refractivity (Wildman–Crippen MR) is 101 cm³/mol. The van der Waals surface area contributed by atoms with Crippen LogP contribution in [0.25, 0.3) is 0 Å². The molecule has 1 aromatic carbocycles. The van der Waals surface area contributed by atoms with Crippen LogP contribution in [0.3, 0.4) is 0 Å². The van der Waals surface area contributed by atoms with Crippen molar-refractivity contribution in [2.75, 3.05) is 13.6 Å². The van der Waals surface area contributed by atoms with Crippen LogP contribution in [0.4, 0.5) is 4.39 Å². The smallest absolute Gasteiger partial charge is 0.191 e. The number of benzene rings is 1. The van der Waals surface area contributed by atoms with Crippen molar-refractivity contribution in [1.29, 1.82) is 0 Å². The van der Waals surface area contributed by atoms with Gasteiger partial charge in [0.15, 0.2) is 5.96 Å². The average molecular weight is 342 g/mol. The van der Waals surface area contributed by atoms with Crippen LogP contribution in [-0.2, 0) is 18.4 Å². The van der Waals surface area contributed by atoms with Crippen LogP contribution in [0.1, 0.15) is 37.6 Å². The Morgan fingerprint density at radius 2 is 1.88 bits per heavy atom. The minimum Gasteiger partial charge on any atom is -0.356 e. The highest BCUT2D eigenvalue weighted by Gasteiger charge is 2.21. The normalized spacial score (nSPS) is 12.1. The van der Waals surface area contributed by atoms with Gasteiger partial charge in [0.2, 0.25) is 0 Å². The predicted octanol–water partition coefficient (Wildman–Crippen LogP) is 3.43. The van der Waals surface area contributed by atoms with Crippen LogP contribution >= 0.6 is 0 Å². The molecule has 0 aliphatic rings. The van der Waals surface area contributed by atoms with E-state index in [1.807, 2.05) is 0 Å². The molecule has 134 valence electrons. The van der Waals surface area contributed by atoms with Crippen molar-refractivity contribution in [3.05, 3.63) is 65.2 Å². The Kier molecular flexibility index (Phi) is 6.51. The van der Waals surface area contributed by atoms with Crippen molar-refractivity contribution in [1.82, 2.24) is 15.6 Å². The maximum Gasteiger partial charge on any atom is 0.191 e. The molecule has 5 heteroatoms. The molecule has 1 aromatic heterocycles. The van der Waals surface area contributed by atoms with Crippen LogP contribution in [0.15, 0.2) is 47.6 Å². The Morgan fingerprint density at radius 1 is 1.16 bits per heavy atom. The summed E-state index contributed by atoms with van der Waals surface area (Å²) in [5.74, 6) is 0.310. The zero-order valence-electron chi connectivity index (χ0n) is 15.4. The molecule has 0 fully saturated rings. The quantitative estimate of drug-likeness (QED) is 0.625. The monoisotopic (exact) mass is 342 g/mol. The van der Waals surface area contributed by atoms with E-state index < -0.39 is 0 Å². The van der Waals surface area contributed by atoms with Gasteiger partial charge in [-0.1, -0.05) is 45.0 Å². The third kappa shape index (κ3) is 5.28. The molecule has 0 bridgehead atoms. The number of halogens is 1. The maximum atomic E-state index is 13.6. The van der Waals surface area contributed by atoms with Crippen LogP contribution in [-0.4, -0.2) is 24.5 Å². The minimum atomic E-state index is -0.318. The number of hydrogen-bond donors (Lipinski definition) is 2. The SMILES string of the molecule is CCc1ccc(C(C)(C)CNC(=NC)NCc2ncccc2F)cc1. The van der Waals surface area contributed by atoms with Crippen molar-refractivity contribution in [3.63, 3.8) is 0 Å². The fraction of sp³-hybridized carbons (Fsp3) is 0.400. The van der Waals surface area contributed by atoms with Crippen molar-refractivity contribution in [2.24, 2.45) is 4.99 Å². The summed E-state index contributed by atoms with van der Waals surface area (Å²) in [5, 5.41) is 6.42. The minimum absolute atomic E-state index is 0.0554. The van der Waals surface area contributed by atoms with Crippen molar-refractivity contribution in [2.45, 2.75) is 39.2 Å². The summed E-state index contributed by atoms with van der Waals surface area (Å²) in [7, 11) is 1.70. The summed E-state index contributed by atoms with van der Waals surface area (Å²) >= 11 is 0. The lowest BCUT2D eigenvalue weighted by Crippen LogP contribution is -2.43. The molecular weight excluding hydrogens is 315 g/mol. The van der Waals surface area contributed by atoms with Gasteiger partial charge < -0.3 is 10.6 Å². The van der Waals surface area contributed by atoms with Gasteiger partial charge >= 0.3 is 0 Å². The molecule has 0 aliphatic carbocycles. The molecule has 0 spiro atoms. The van der Waals surface area contributed by atoms with E-state index in [4.69, 9.17) is 0 Å². The summed E-state index contributed by atoms with van der Waals surface area (Å²) in [4.78, 5) is 8.24. The van der Waals surface area contributed by atoms with E-state index in [2.05, 4.69) is 65.6 Å². The molecule has 0 radical (unpaired) electrons. The Hall–Kier alpha value is -2.43. The topological polar surface area (TPSA) is 49.3 Å². The van der Waals surface area contributed by atoms with Crippen molar-refractivity contribution in [3.8, 4) is 0 Å². The molecule has 0 atom stereocenters. The van der Waals surface area contributed by atoms with Gasteiger partial charge in [0.05, 0.1) is 12.2 Å². The summed E-state index contributed by atoms with van der Waals surface area (Å²) in [6.45, 7) is 7.53. The van der Waals surface area contributed by atoms with Gasteiger partial charge in [-0.05, 0) is 29.7 Å². The summed E-state index contributed by atoms with van der Waals surface area (Å²) in [6, 6.07) is 11.7. The van der Waals surface area contributed by atoms with Crippen molar-refractivity contribution >= 4 is 5.96 Å². The highest BCUT2D eigenvalue weighted by Crippen LogP contribution is 2.22. The van der Waals surface area contributed by atoms with Gasteiger partial charge in [0, 0.05) is 25.2 Å². The molecule has 2 N–H and O–H groups in total. The Morgan fingerprint density at radius 3 is 2.48 bits per heavy atom. The largest absolute Gasteiger partial charge is 0.356 e. The van der Waals surface area contributed by atoms with Crippen LogP contribution in [0.2, 0.25) is 0 Å². The zero-order chi connectivity index (χ0) is 18.3. The first kappa shape index (κ1) is 18.9. The molecule has 4 nitrogen and oxygen atoms in total. The van der Waals surface area contributed by atoms with Crippen LogP contribution in [0.5, 0.6) is 0 Å². The Bertz CT molecular complexity index is 708. The van der Waals surface area contributed by atoms with Crippen LogP contribution in [0, 0.1) is 5.82 Å². The number of nitrogens with one attached hydrogen (secondary N) is 2. The van der Waals surface area contributed by atoms with Gasteiger partial charge in [-0.15, -0.1) is 0 Å². The number of aromatic nitrogens is 1. The molecule has 0 saturated heterocycles. The van der Waals surface area contributed by atoms with Gasteiger partial charge in [0.25, 0.3) is 0 Å².